The SMILES string of the molecule is COc1ccc(C(=O)NC(=O)CSc2nnc(-c3ccc(Cl)cc3)n2-c2ccccc2)cc1. The molecule has 0 atom stereocenters. The normalized spacial score (nSPS) is 10.6. The Morgan fingerprint density at radius 1 is 0.970 bits per heavy atom. The van der Waals surface area contributed by atoms with Crippen LogP contribution in [0.3, 0.4) is 0 Å². The number of rotatable bonds is 7. The Morgan fingerprint density at radius 3 is 2.33 bits per heavy atom. The summed E-state index contributed by atoms with van der Waals surface area (Å²) >= 11 is 7.21. The second-order valence-corrected chi connectivity index (χ2v) is 8.26. The number of hydrogen-bond donors (Lipinski definition) is 1. The Morgan fingerprint density at radius 2 is 1.67 bits per heavy atom. The Bertz CT molecular complexity index is 1260. The van der Waals surface area contributed by atoms with Gasteiger partial charge in [-0.05, 0) is 60.7 Å². The molecule has 1 heterocycles. The first-order valence-electron chi connectivity index (χ1n) is 9.93. The van der Waals surface area contributed by atoms with E-state index >= 15 is 0 Å². The van der Waals surface area contributed by atoms with E-state index in [0.717, 1.165) is 11.3 Å². The van der Waals surface area contributed by atoms with Gasteiger partial charge in [-0.15, -0.1) is 10.2 Å². The molecular formula is C24H19ClN4O3S. The number of nitrogens with zero attached hydrogens (tertiary/aromatic N) is 3. The lowest BCUT2D eigenvalue weighted by molar-refractivity contribution is -0.117. The fraction of sp³-hybridized carbons (Fsp3) is 0.0833. The number of nitrogens with one attached hydrogen (secondary N) is 1. The van der Waals surface area contributed by atoms with Gasteiger partial charge in [0.2, 0.25) is 5.91 Å². The Hall–Kier alpha value is -3.62. The number of para-hydroxylation sites is 1. The third-order valence-electron chi connectivity index (χ3n) is 4.69. The molecule has 1 aromatic heterocycles. The summed E-state index contributed by atoms with van der Waals surface area (Å²) in [5.41, 5.74) is 2.05. The van der Waals surface area contributed by atoms with E-state index in [0.29, 0.717) is 27.3 Å². The predicted octanol–water partition coefficient (Wildman–Crippen LogP) is 4.65. The van der Waals surface area contributed by atoms with E-state index in [1.807, 2.05) is 47.0 Å². The number of methoxy groups -OCH3 is 1. The van der Waals surface area contributed by atoms with Crippen LogP contribution in [0.2, 0.25) is 5.02 Å². The molecule has 166 valence electrons. The number of amides is 2. The number of imide groups is 1. The first-order chi connectivity index (χ1) is 16.0. The van der Waals surface area contributed by atoms with Crippen molar-refractivity contribution in [3.63, 3.8) is 0 Å². The van der Waals surface area contributed by atoms with Crippen molar-refractivity contribution in [1.82, 2.24) is 20.1 Å². The zero-order valence-electron chi connectivity index (χ0n) is 17.6. The second kappa shape index (κ2) is 10.3. The molecular weight excluding hydrogens is 460 g/mol. The summed E-state index contributed by atoms with van der Waals surface area (Å²) in [5, 5.41) is 12.2. The lowest BCUT2D eigenvalue weighted by atomic mass is 10.2. The van der Waals surface area contributed by atoms with E-state index in [2.05, 4.69) is 15.5 Å². The molecule has 4 rings (SSSR count). The van der Waals surface area contributed by atoms with Gasteiger partial charge < -0.3 is 4.74 Å². The van der Waals surface area contributed by atoms with Crippen LogP contribution < -0.4 is 10.1 Å². The van der Waals surface area contributed by atoms with Gasteiger partial charge in [0, 0.05) is 21.8 Å². The number of hydrogen-bond acceptors (Lipinski definition) is 6. The van der Waals surface area contributed by atoms with E-state index in [1.54, 1.807) is 43.5 Å². The van der Waals surface area contributed by atoms with Gasteiger partial charge >= 0.3 is 0 Å². The van der Waals surface area contributed by atoms with Gasteiger partial charge in [0.05, 0.1) is 12.9 Å². The summed E-state index contributed by atoms with van der Waals surface area (Å²) in [6.07, 6.45) is 0. The van der Waals surface area contributed by atoms with Crippen LogP contribution in [0.25, 0.3) is 17.1 Å². The topological polar surface area (TPSA) is 86.1 Å². The molecule has 0 bridgehead atoms. The number of aromatic nitrogens is 3. The maximum Gasteiger partial charge on any atom is 0.257 e. The van der Waals surface area contributed by atoms with E-state index < -0.39 is 11.8 Å². The molecule has 0 fully saturated rings. The lowest BCUT2D eigenvalue weighted by Gasteiger charge is -2.10. The van der Waals surface area contributed by atoms with Crippen LogP contribution in [-0.2, 0) is 4.79 Å². The van der Waals surface area contributed by atoms with Gasteiger partial charge in [-0.2, -0.15) is 0 Å². The highest BCUT2D eigenvalue weighted by atomic mass is 35.5. The molecule has 0 saturated heterocycles. The molecule has 1 N–H and O–H groups in total. The van der Waals surface area contributed by atoms with Crippen LogP contribution in [0.5, 0.6) is 5.75 Å². The zero-order chi connectivity index (χ0) is 23.2. The van der Waals surface area contributed by atoms with Crippen molar-refractivity contribution >= 4 is 35.2 Å². The molecule has 0 aliphatic heterocycles. The number of carbonyl (C=O) groups excluding carboxylic acids is 2. The van der Waals surface area contributed by atoms with Crippen molar-refractivity contribution in [2.45, 2.75) is 5.16 Å². The van der Waals surface area contributed by atoms with Gasteiger partial charge in [-0.25, -0.2) is 0 Å². The second-order valence-electron chi connectivity index (χ2n) is 6.88. The van der Waals surface area contributed by atoms with E-state index in [-0.39, 0.29) is 5.75 Å². The van der Waals surface area contributed by atoms with Crippen LogP contribution >= 0.6 is 23.4 Å². The van der Waals surface area contributed by atoms with Gasteiger partial charge in [0.15, 0.2) is 11.0 Å². The van der Waals surface area contributed by atoms with Crippen LogP contribution in [-0.4, -0.2) is 39.4 Å². The summed E-state index contributed by atoms with van der Waals surface area (Å²) in [5.74, 6) is 0.333. The predicted molar refractivity (Wildman–Crippen MR) is 128 cm³/mol. The lowest BCUT2D eigenvalue weighted by Crippen LogP contribution is -2.31. The van der Waals surface area contributed by atoms with E-state index in [9.17, 15) is 9.59 Å². The minimum atomic E-state index is -0.477. The van der Waals surface area contributed by atoms with Crippen molar-refractivity contribution < 1.29 is 14.3 Å². The molecule has 0 saturated carbocycles. The first kappa shape index (κ1) is 22.6. The van der Waals surface area contributed by atoms with E-state index in [1.165, 1.54) is 11.8 Å². The van der Waals surface area contributed by atoms with Crippen LogP contribution in [0.1, 0.15) is 10.4 Å². The number of carbonyl (C=O) groups is 2. The molecule has 0 spiro atoms. The van der Waals surface area contributed by atoms with Crippen molar-refractivity contribution in [2.75, 3.05) is 12.9 Å². The standard InChI is InChI=1S/C24H19ClN4O3S/c1-32-20-13-9-17(10-14-20)23(31)26-21(30)15-33-24-28-27-22(16-7-11-18(25)12-8-16)29(24)19-5-3-2-4-6-19/h2-14H,15H2,1H3,(H,26,30,31). The molecule has 0 aliphatic carbocycles. The highest BCUT2D eigenvalue weighted by Gasteiger charge is 2.18. The molecule has 3 aromatic carbocycles. The van der Waals surface area contributed by atoms with Crippen molar-refractivity contribution in [2.24, 2.45) is 0 Å². The van der Waals surface area contributed by atoms with Crippen LogP contribution in [0.4, 0.5) is 0 Å². The minimum absolute atomic E-state index is 0.00647. The van der Waals surface area contributed by atoms with Gasteiger partial charge in [0.25, 0.3) is 5.91 Å². The molecule has 9 heteroatoms. The van der Waals surface area contributed by atoms with Crippen LogP contribution in [0, 0.1) is 0 Å². The van der Waals surface area contributed by atoms with Crippen LogP contribution in [0.15, 0.2) is 84.0 Å². The number of ether oxygens (including phenoxy) is 1. The first-order valence-corrected chi connectivity index (χ1v) is 11.3. The fourth-order valence-corrected chi connectivity index (χ4v) is 3.94. The zero-order valence-corrected chi connectivity index (χ0v) is 19.1. The molecule has 0 radical (unpaired) electrons. The summed E-state index contributed by atoms with van der Waals surface area (Å²) in [6.45, 7) is 0. The molecule has 2 amide bonds. The summed E-state index contributed by atoms with van der Waals surface area (Å²) in [7, 11) is 1.54. The molecule has 0 aliphatic rings. The van der Waals surface area contributed by atoms with Gasteiger partial charge in [-0.3, -0.25) is 19.5 Å². The quantitative estimate of drug-likeness (QED) is 0.389. The molecule has 33 heavy (non-hydrogen) atoms. The van der Waals surface area contributed by atoms with Crippen molar-refractivity contribution in [1.29, 1.82) is 0 Å². The fourth-order valence-electron chi connectivity index (χ4n) is 3.07. The molecule has 4 aromatic rings. The summed E-state index contributed by atoms with van der Waals surface area (Å²) in [6, 6.07) is 23.4. The summed E-state index contributed by atoms with van der Waals surface area (Å²) < 4.78 is 6.95. The number of thioether (sulfide) groups is 1. The largest absolute Gasteiger partial charge is 0.497 e. The monoisotopic (exact) mass is 478 g/mol. The third-order valence-corrected chi connectivity index (χ3v) is 5.87. The van der Waals surface area contributed by atoms with Gasteiger partial charge in [0.1, 0.15) is 5.75 Å². The average molecular weight is 479 g/mol. The highest BCUT2D eigenvalue weighted by molar-refractivity contribution is 7.99. The Kier molecular flexibility index (Phi) is 7.07. The van der Waals surface area contributed by atoms with Crippen molar-refractivity contribution in [3.8, 4) is 22.8 Å². The summed E-state index contributed by atoms with van der Waals surface area (Å²) in [4.78, 5) is 24.8. The smallest absolute Gasteiger partial charge is 0.257 e. The average Bonchev–Trinajstić information content (AvgIpc) is 3.27. The van der Waals surface area contributed by atoms with Gasteiger partial charge in [-0.1, -0.05) is 41.6 Å². The van der Waals surface area contributed by atoms with E-state index in [4.69, 9.17) is 16.3 Å². The Balaban J connectivity index is 1.51. The Labute approximate surface area is 199 Å². The number of halogens is 1. The minimum Gasteiger partial charge on any atom is -0.497 e. The molecule has 7 nitrogen and oxygen atoms in total. The van der Waals surface area contributed by atoms with Crippen molar-refractivity contribution in [3.05, 3.63) is 89.4 Å². The molecule has 0 unspecified atom stereocenters. The maximum atomic E-state index is 12.4. The third kappa shape index (κ3) is 5.42. The highest BCUT2D eigenvalue weighted by Crippen LogP contribution is 2.28. The number of benzene rings is 3. The maximum absolute atomic E-state index is 12.4.